The van der Waals surface area contributed by atoms with Gasteiger partial charge in [0.2, 0.25) is 5.88 Å². The van der Waals surface area contributed by atoms with Crippen LogP contribution in [-0.4, -0.2) is 97.3 Å². The van der Waals surface area contributed by atoms with E-state index in [1.807, 2.05) is 40.0 Å². The summed E-state index contributed by atoms with van der Waals surface area (Å²) in [5, 5.41) is 9.66. The third kappa shape index (κ3) is 5.68. The predicted octanol–water partition coefficient (Wildman–Crippen LogP) is 0.776. The highest BCUT2D eigenvalue weighted by Gasteiger charge is 2.33. The van der Waals surface area contributed by atoms with E-state index in [0.29, 0.717) is 36.6 Å². The molecule has 1 aromatic rings. The SMILES string of the molecule is C[C@H](CO)N1C[C@H](C)[C@H](CN(C)C)Oc2ncc(C#CCN(C)C)cc2C1=O. The molecule has 0 aromatic carbocycles. The molecule has 1 amide bonds. The van der Waals surface area contributed by atoms with Crippen molar-refractivity contribution in [3.63, 3.8) is 0 Å². The van der Waals surface area contributed by atoms with Gasteiger partial charge in [0.15, 0.2) is 0 Å². The molecule has 0 saturated heterocycles. The number of hydrogen-bond acceptors (Lipinski definition) is 6. The number of rotatable bonds is 5. The summed E-state index contributed by atoms with van der Waals surface area (Å²) >= 11 is 0. The summed E-state index contributed by atoms with van der Waals surface area (Å²) in [6.07, 6.45) is 1.53. The molecule has 0 radical (unpaired) electrons. The molecule has 0 unspecified atom stereocenters. The number of nitrogens with zero attached hydrogens (tertiary/aromatic N) is 4. The molecule has 7 heteroatoms. The minimum absolute atomic E-state index is 0.0925. The highest BCUT2D eigenvalue weighted by molar-refractivity contribution is 5.97. The van der Waals surface area contributed by atoms with Crippen LogP contribution in [0.15, 0.2) is 12.3 Å². The number of pyridine rings is 1. The molecule has 1 aromatic heterocycles. The van der Waals surface area contributed by atoms with Gasteiger partial charge in [-0.2, -0.15) is 0 Å². The van der Waals surface area contributed by atoms with Gasteiger partial charge >= 0.3 is 0 Å². The summed E-state index contributed by atoms with van der Waals surface area (Å²) in [7, 11) is 7.88. The van der Waals surface area contributed by atoms with Crippen molar-refractivity contribution in [2.24, 2.45) is 5.92 Å². The van der Waals surface area contributed by atoms with Crippen molar-refractivity contribution in [1.82, 2.24) is 19.7 Å². The highest BCUT2D eigenvalue weighted by Crippen LogP contribution is 2.27. The fourth-order valence-corrected chi connectivity index (χ4v) is 3.05. The van der Waals surface area contributed by atoms with Crippen molar-refractivity contribution < 1.29 is 14.6 Å². The molecule has 0 fully saturated rings. The first-order chi connectivity index (χ1) is 13.2. The van der Waals surface area contributed by atoms with Crippen LogP contribution >= 0.6 is 0 Å². The molecule has 1 aliphatic rings. The second kappa shape index (κ2) is 9.87. The third-order valence-corrected chi connectivity index (χ3v) is 4.69. The summed E-state index contributed by atoms with van der Waals surface area (Å²) in [6, 6.07) is 1.46. The van der Waals surface area contributed by atoms with Crippen LogP contribution in [0.2, 0.25) is 0 Å². The molecule has 0 bridgehead atoms. The average Bonchev–Trinajstić information content (AvgIpc) is 2.63. The normalized spacial score (nSPS) is 20.8. The van der Waals surface area contributed by atoms with Gasteiger partial charge in [-0.25, -0.2) is 4.98 Å². The second-order valence-electron chi connectivity index (χ2n) is 8.00. The lowest BCUT2D eigenvalue weighted by atomic mass is 10.00. The maximum atomic E-state index is 13.2. The number of aromatic nitrogens is 1. The number of aliphatic hydroxyl groups is 1. The lowest BCUT2D eigenvalue weighted by molar-refractivity contribution is 0.0348. The third-order valence-electron chi connectivity index (χ3n) is 4.69. The van der Waals surface area contributed by atoms with Gasteiger partial charge < -0.3 is 19.6 Å². The second-order valence-corrected chi connectivity index (χ2v) is 8.00. The summed E-state index contributed by atoms with van der Waals surface area (Å²) in [5.41, 5.74) is 1.07. The number of amides is 1. The van der Waals surface area contributed by atoms with E-state index in [2.05, 4.69) is 28.6 Å². The van der Waals surface area contributed by atoms with E-state index in [0.717, 1.165) is 0 Å². The van der Waals surface area contributed by atoms with Gasteiger partial charge in [-0.05, 0) is 41.2 Å². The monoisotopic (exact) mass is 388 g/mol. The summed E-state index contributed by atoms with van der Waals surface area (Å²) < 4.78 is 6.17. The van der Waals surface area contributed by atoms with Crippen molar-refractivity contribution in [2.75, 3.05) is 54.4 Å². The molecule has 3 atom stereocenters. The van der Waals surface area contributed by atoms with E-state index >= 15 is 0 Å². The summed E-state index contributed by atoms with van der Waals surface area (Å²) in [5.74, 6) is 6.35. The number of carbonyl (C=O) groups excluding carboxylic acids is 1. The Bertz CT molecular complexity index is 739. The van der Waals surface area contributed by atoms with E-state index in [1.165, 1.54) is 0 Å². The van der Waals surface area contributed by atoms with Crippen molar-refractivity contribution in [3.8, 4) is 17.7 Å². The van der Waals surface area contributed by atoms with Crippen molar-refractivity contribution >= 4 is 5.91 Å². The Labute approximate surface area is 168 Å². The Morgan fingerprint density at radius 2 is 2.07 bits per heavy atom. The minimum atomic E-state index is -0.288. The lowest BCUT2D eigenvalue weighted by Gasteiger charge is -2.37. The van der Waals surface area contributed by atoms with E-state index in [9.17, 15) is 9.90 Å². The van der Waals surface area contributed by atoms with E-state index in [4.69, 9.17) is 4.74 Å². The van der Waals surface area contributed by atoms with Crippen molar-refractivity contribution in [3.05, 3.63) is 23.4 Å². The number of aliphatic hydroxyl groups excluding tert-OH is 1. The van der Waals surface area contributed by atoms with Crippen LogP contribution in [0.25, 0.3) is 0 Å². The number of ether oxygens (including phenoxy) is 1. The molecule has 0 aliphatic carbocycles. The predicted molar refractivity (Wildman–Crippen MR) is 109 cm³/mol. The molecular weight excluding hydrogens is 356 g/mol. The molecule has 0 spiro atoms. The Morgan fingerprint density at radius 1 is 1.36 bits per heavy atom. The molecule has 1 N–H and O–H groups in total. The molecule has 28 heavy (non-hydrogen) atoms. The van der Waals surface area contributed by atoms with Gasteiger partial charge in [0.25, 0.3) is 5.91 Å². The number of likely N-dealkylation sites (N-methyl/N-ethyl adjacent to an activating group) is 1. The van der Waals surface area contributed by atoms with Gasteiger partial charge in [-0.15, -0.1) is 0 Å². The van der Waals surface area contributed by atoms with Gasteiger partial charge in [0.05, 0.1) is 19.2 Å². The number of hydrogen-bond donors (Lipinski definition) is 1. The summed E-state index contributed by atoms with van der Waals surface area (Å²) in [6.45, 7) is 5.66. The fraction of sp³-hybridized carbons (Fsp3) is 0.619. The Hall–Kier alpha value is -2.14. The number of carbonyl (C=O) groups is 1. The quantitative estimate of drug-likeness (QED) is 0.752. The molecule has 7 nitrogen and oxygen atoms in total. The van der Waals surface area contributed by atoms with Crippen LogP contribution in [0.4, 0.5) is 0 Å². The zero-order chi connectivity index (χ0) is 20.8. The maximum absolute atomic E-state index is 13.2. The zero-order valence-corrected chi connectivity index (χ0v) is 17.8. The standard InChI is InChI=1S/C21H32N4O3/c1-15-12-25(16(2)14-26)21(27)18-10-17(8-7-9-23(3)4)11-22-20(18)28-19(15)13-24(5)6/h10-11,15-16,19,26H,9,12-14H2,1-6H3/t15-,16+,19-/m0/s1. The van der Waals surface area contributed by atoms with Crippen LogP contribution in [0.1, 0.15) is 29.8 Å². The molecule has 2 rings (SSSR count). The first-order valence-corrected chi connectivity index (χ1v) is 9.59. The molecule has 2 heterocycles. The zero-order valence-electron chi connectivity index (χ0n) is 17.8. The van der Waals surface area contributed by atoms with Crippen LogP contribution in [0.5, 0.6) is 5.88 Å². The Balaban J connectivity index is 2.45. The largest absolute Gasteiger partial charge is 0.472 e. The average molecular weight is 389 g/mol. The minimum Gasteiger partial charge on any atom is -0.472 e. The maximum Gasteiger partial charge on any atom is 0.259 e. The highest BCUT2D eigenvalue weighted by atomic mass is 16.5. The van der Waals surface area contributed by atoms with Gasteiger partial charge in [-0.3, -0.25) is 9.69 Å². The van der Waals surface area contributed by atoms with E-state index in [1.54, 1.807) is 17.2 Å². The van der Waals surface area contributed by atoms with Gasteiger partial charge in [0, 0.05) is 30.8 Å². The molecule has 1 aliphatic heterocycles. The summed E-state index contributed by atoms with van der Waals surface area (Å²) in [4.78, 5) is 23.4. The first-order valence-electron chi connectivity index (χ1n) is 9.59. The van der Waals surface area contributed by atoms with Crippen LogP contribution in [0, 0.1) is 17.8 Å². The van der Waals surface area contributed by atoms with E-state index < -0.39 is 0 Å². The van der Waals surface area contributed by atoms with Gasteiger partial charge in [-0.1, -0.05) is 18.8 Å². The lowest BCUT2D eigenvalue weighted by Crippen LogP contribution is -2.49. The van der Waals surface area contributed by atoms with Crippen LogP contribution in [-0.2, 0) is 0 Å². The van der Waals surface area contributed by atoms with Crippen LogP contribution < -0.4 is 4.74 Å². The molecule has 0 saturated carbocycles. The Kier molecular flexibility index (Phi) is 7.81. The molecule has 154 valence electrons. The van der Waals surface area contributed by atoms with Crippen LogP contribution in [0.3, 0.4) is 0 Å². The fourth-order valence-electron chi connectivity index (χ4n) is 3.05. The Morgan fingerprint density at radius 3 is 2.68 bits per heavy atom. The van der Waals surface area contributed by atoms with Gasteiger partial charge in [0.1, 0.15) is 11.7 Å². The topological polar surface area (TPSA) is 69.1 Å². The van der Waals surface area contributed by atoms with E-state index in [-0.39, 0.29) is 30.6 Å². The smallest absolute Gasteiger partial charge is 0.259 e. The van der Waals surface area contributed by atoms with Crippen molar-refractivity contribution in [1.29, 1.82) is 0 Å². The molecular formula is C21H32N4O3. The number of fused-ring (bicyclic) bond motifs is 1. The van der Waals surface area contributed by atoms with Crippen molar-refractivity contribution in [2.45, 2.75) is 26.0 Å². The first kappa shape index (κ1) is 22.2.